The summed E-state index contributed by atoms with van der Waals surface area (Å²) < 4.78 is 67.4. The maximum absolute atomic E-state index is 13.1. The van der Waals surface area contributed by atoms with Gasteiger partial charge in [0.15, 0.2) is 5.78 Å². The molecule has 0 saturated carbocycles. The lowest BCUT2D eigenvalue weighted by Gasteiger charge is -2.34. The number of ketones is 1. The third-order valence-electron chi connectivity index (χ3n) is 4.91. The SMILES string of the molecule is COC(=O)C1(C(CC(C)C)CS(=O)(=O)C(F)(F)F)Cc2ccccc2C1=O. The average molecular weight is 406 g/mol. The number of benzene rings is 1. The van der Waals surface area contributed by atoms with Gasteiger partial charge < -0.3 is 4.74 Å². The predicted molar refractivity (Wildman–Crippen MR) is 91.7 cm³/mol. The van der Waals surface area contributed by atoms with Crippen LogP contribution in [-0.2, 0) is 25.8 Å². The van der Waals surface area contributed by atoms with Crippen LogP contribution in [-0.4, -0.2) is 38.5 Å². The highest BCUT2D eigenvalue weighted by molar-refractivity contribution is 7.92. The van der Waals surface area contributed by atoms with Crippen LogP contribution < -0.4 is 0 Å². The van der Waals surface area contributed by atoms with Crippen LogP contribution in [0.5, 0.6) is 0 Å². The van der Waals surface area contributed by atoms with Crippen LogP contribution in [0.2, 0.25) is 0 Å². The third kappa shape index (κ3) is 3.74. The first kappa shape index (κ1) is 21.4. The number of ether oxygens (including phenoxy) is 1. The molecular weight excluding hydrogens is 385 g/mol. The molecule has 0 bridgehead atoms. The lowest BCUT2D eigenvalue weighted by molar-refractivity contribution is -0.152. The molecule has 0 heterocycles. The first-order chi connectivity index (χ1) is 12.4. The van der Waals surface area contributed by atoms with Gasteiger partial charge in [0, 0.05) is 5.56 Å². The van der Waals surface area contributed by atoms with Gasteiger partial charge in [-0.1, -0.05) is 38.1 Å². The summed E-state index contributed by atoms with van der Waals surface area (Å²) in [6, 6.07) is 6.30. The predicted octanol–water partition coefficient (Wildman–Crippen LogP) is 3.18. The number of methoxy groups -OCH3 is 1. The molecule has 5 nitrogen and oxygen atoms in total. The molecule has 0 fully saturated rings. The fraction of sp³-hybridized carbons (Fsp3) is 0.556. The number of fused-ring (bicyclic) bond motifs is 1. The van der Waals surface area contributed by atoms with Crippen LogP contribution >= 0.6 is 0 Å². The third-order valence-corrected chi connectivity index (χ3v) is 6.46. The van der Waals surface area contributed by atoms with E-state index in [1.165, 1.54) is 6.07 Å². The van der Waals surface area contributed by atoms with Crippen molar-refractivity contribution >= 4 is 21.6 Å². The first-order valence-corrected chi connectivity index (χ1v) is 10.0. The summed E-state index contributed by atoms with van der Waals surface area (Å²) in [5.74, 6) is -4.64. The summed E-state index contributed by atoms with van der Waals surface area (Å²) in [6.07, 6.45) is -0.233. The molecule has 2 rings (SSSR count). The number of esters is 1. The molecular formula is C18H21F3O5S. The molecule has 0 spiro atoms. The Labute approximate surface area is 155 Å². The van der Waals surface area contributed by atoms with E-state index in [9.17, 15) is 31.2 Å². The molecule has 0 N–H and O–H groups in total. The van der Waals surface area contributed by atoms with Crippen molar-refractivity contribution in [3.05, 3.63) is 35.4 Å². The second kappa shape index (κ2) is 7.26. The molecule has 0 amide bonds. The van der Waals surface area contributed by atoms with E-state index in [1.807, 2.05) is 0 Å². The van der Waals surface area contributed by atoms with Gasteiger partial charge in [-0.25, -0.2) is 8.42 Å². The molecule has 0 aromatic heterocycles. The standard InChI is InChI=1S/C18H21F3O5S/c1-11(2)8-13(10-27(24,25)18(19,20)21)17(16(23)26-3)9-12-6-4-5-7-14(12)15(17)22/h4-7,11,13H,8-10H2,1-3H3. The number of hydrogen-bond acceptors (Lipinski definition) is 5. The Morgan fingerprint density at radius 2 is 1.85 bits per heavy atom. The Morgan fingerprint density at radius 1 is 1.26 bits per heavy atom. The van der Waals surface area contributed by atoms with Gasteiger partial charge >= 0.3 is 11.5 Å². The second-order valence-electron chi connectivity index (χ2n) is 7.18. The van der Waals surface area contributed by atoms with E-state index in [0.29, 0.717) is 5.56 Å². The maximum atomic E-state index is 13.1. The van der Waals surface area contributed by atoms with E-state index in [-0.39, 0.29) is 24.3 Å². The molecule has 1 aromatic carbocycles. The largest absolute Gasteiger partial charge is 0.497 e. The minimum Gasteiger partial charge on any atom is -0.468 e. The van der Waals surface area contributed by atoms with Gasteiger partial charge in [-0.05, 0) is 30.2 Å². The monoisotopic (exact) mass is 406 g/mol. The van der Waals surface area contributed by atoms with Crippen molar-refractivity contribution in [3.63, 3.8) is 0 Å². The molecule has 1 aliphatic carbocycles. The van der Waals surface area contributed by atoms with E-state index in [4.69, 9.17) is 4.74 Å². The number of carbonyl (C=O) groups excluding carboxylic acids is 2. The second-order valence-corrected chi connectivity index (χ2v) is 9.21. The Balaban J connectivity index is 2.61. The summed E-state index contributed by atoms with van der Waals surface area (Å²) in [5.41, 5.74) is -6.75. The summed E-state index contributed by atoms with van der Waals surface area (Å²) in [5, 5.41) is 0. The van der Waals surface area contributed by atoms with Crippen molar-refractivity contribution < 1.29 is 35.9 Å². The van der Waals surface area contributed by atoms with Crippen LogP contribution in [0.4, 0.5) is 13.2 Å². The number of halogens is 3. The number of hydrogen-bond donors (Lipinski definition) is 0. The number of sulfone groups is 1. The van der Waals surface area contributed by atoms with E-state index < -0.39 is 44.2 Å². The molecule has 2 unspecified atom stereocenters. The Kier molecular flexibility index (Phi) is 5.75. The summed E-state index contributed by atoms with van der Waals surface area (Å²) in [7, 11) is -4.50. The topological polar surface area (TPSA) is 77.5 Å². The molecule has 2 atom stereocenters. The van der Waals surface area contributed by atoms with Gasteiger partial charge in [0.05, 0.1) is 12.9 Å². The number of Topliss-reactive ketones (excluding diaryl/α,β-unsaturated/α-hetero) is 1. The summed E-state index contributed by atoms with van der Waals surface area (Å²) in [6.45, 7) is 3.37. The van der Waals surface area contributed by atoms with E-state index in [2.05, 4.69) is 0 Å². The Bertz CT molecular complexity index is 845. The number of carbonyl (C=O) groups is 2. The van der Waals surface area contributed by atoms with E-state index in [1.54, 1.807) is 32.0 Å². The minimum absolute atomic E-state index is 0.0514. The average Bonchev–Trinajstić information content (AvgIpc) is 2.86. The van der Waals surface area contributed by atoms with Crippen LogP contribution in [0.15, 0.2) is 24.3 Å². The van der Waals surface area contributed by atoms with Crippen molar-refractivity contribution in [2.45, 2.75) is 32.2 Å². The molecule has 1 aliphatic rings. The van der Waals surface area contributed by atoms with Gasteiger partial charge in [0.25, 0.3) is 0 Å². The molecule has 0 aliphatic heterocycles. The molecule has 9 heteroatoms. The van der Waals surface area contributed by atoms with Crippen LogP contribution in [0.3, 0.4) is 0 Å². The zero-order chi connectivity index (χ0) is 20.6. The van der Waals surface area contributed by atoms with Crippen LogP contribution in [0.25, 0.3) is 0 Å². The highest BCUT2D eigenvalue weighted by Gasteiger charge is 2.60. The van der Waals surface area contributed by atoms with Crippen molar-refractivity contribution in [3.8, 4) is 0 Å². The normalized spacial score (nSPS) is 21.2. The van der Waals surface area contributed by atoms with Gasteiger partial charge in [0.1, 0.15) is 5.41 Å². The minimum atomic E-state index is -5.53. The Hall–Kier alpha value is -1.90. The van der Waals surface area contributed by atoms with Gasteiger partial charge in [-0.15, -0.1) is 0 Å². The highest BCUT2D eigenvalue weighted by atomic mass is 32.2. The lowest BCUT2D eigenvalue weighted by atomic mass is 9.70. The quantitative estimate of drug-likeness (QED) is 0.536. The first-order valence-electron chi connectivity index (χ1n) is 8.37. The van der Waals surface area contributed by atoms with E-state index in [0.717, 1.165) is 7.11 Å². The smallest absolute Gasteiger partial charge is 0.468 e. The Morgan fingerprint density at radius 3 is 2.33 bits per heavy atom. The van der Waals surface area contributed by atoms with Crippen molar-refractivity contribution in [1.29, 1.82) is 0 Å². The highest BCUT2D eigenvalue weighted by Crippen LogP contribution is 2.47. The van der Waals surface area contributed by atoms with Gasteiger partial charge in [0.2, 0.25) is 9.84 Å². The summed E-state index contributed by atoms with van der Waals surface area (Å²) in [4.78, 5) is 25.8. The maximum Gasteiger partial charge on any atom is 0.497 e. The van der Waals surface area contributed by atoms with Crippen molar-refractivity contribution in [2.24, 2.45) is 17.3 Å². The van der Waals surface area contributed by atoms with Crippen LogP contribution in [0.1, 0.15) is 36.2 Å². The van der Waals surface area contributed by atoms with Gasteiger partial charge in [-0.2, -0.15) is 13.2 Å². The zero-order valence-electron chi connectivity index (χ0n) is 15.2. The van der Waals surface area contributed by atoms with Crippen molar-refractivity contribution in [2.75, 3.05) is 12.9 Å². The van der Waals surface area contributed by atoms with Crippen LogP contribution in [0, 0.1) is 17.3 Å². The molecule has 0 radical (unpaired) electrons. The molecule has 150 valence electrons. The molecule has 0 saturated heterocycles. The molecule has 27 heavy (non-hydrogen) atoms. The molecule has 1 aromatic rings. The van der Waals surface area contributed by atoms with E-state index >= 15 is 0 Å². The van der Waals surface area contributed by atoms with Crippen molar-refractivity contribution in [1.82, 2.24) is 0 Å². The lowest BCUT2D eigenvalue weighted by Crippen LogP contribution is -2.49. The zero-order valence-corrected chi connectivity index (χ0v) is 16.0. The van der Waals surface area contributed by atoms with Gasteiger partial charge in [-0.3, -0.25) is 9.59 Å². The fourth-order valence-electron chi connectivity index (χ4n) is 3.70. The summed E-state index contributed by atoms with van der Waals surface area (Å²) >= 11 is 0. The number of alkyl halides is 3. The number of rotatable bonds is 6. The fourth-order valence-corrected chi connectivity index (χ4v) is 4.84.